The van der Waals surface area contributed by atoms with Crippen LogP contribution in [0.4, 0.5) is 11.4 Å². The van der Waals surface area contributed by atoms with Crippen molar-refractivity contribution in [1.82, 2.24) is 0 Å². The molecular weight excluding hydrogens is 396 g/mol. The zero-order valence-corrected chi connectivity index (χ0v) is 21.7. The van der Waals surface area contributed by atoms with E-state index in [2.05, 4.69) is 24.5 Å². The second-order valence-electron chi connectivity index (χ2n) is 9.38. The van der Waals surface area contributed by atoms with E-state index in [0.29, 0.717) is 12.8 Å². The van der Waals surface area contributed by atoms with E-state index in [4.69, 9.17) is 0 Å². The largest absolute Gasteiger partial charge is 0.326 e. The molecule has 0 heterocycles. The maximum atomic E-state index is 12.5. The highest BCUT2D eigenvalue weighted by molar-refractivity contribution is 5.96. The molecule has 0 atom stereocenters. The molecule has 0 aromatic heterocycles. The minimum absolute atomic E-state index is 0.0883. The van der Waals surface area contributed by atoms with Gasteiger partial charge in [0.25, 0.3) is 0 Å². The minimum atomic E-state index is 0.0883. The number of unbranched alkanes of at least 4 members (excludes halogenated alkanes) is 10. The van der Waals surface area contributed by atoms with Crippen molar-refractivity contribution >= 4 is 23.2 Å². The number of hydrogen-bond donors (Lipinski definition) is 2. The Hall–Kier alpha value is -1.84. The molecule has 0 fully saturated rings. The van der Waals surface area contributed by atoms with Crippen LogP contribution in [0.3, 0.4) is 0 Å². The van der Waals surface area contributed by atoms with Gasteiger partial charge < -0.3 is 10.6 Å². The predicted molar refractivity (Wildman–Crippen MR) is 139 cm³/mol. The molecule has 0 saturated heterocycles. The van der Waals surface area contributed by atoms with Crippen LogP contribution in [0.2, 0.25) is 0 Å². The van der Waals surface area contributed by atoms with Crippen molar-refractivity contribution < 1.29 is 9.59 Å². The van der Waals surface area contributed by atoms with E-state index in [1.54, 1.807) is 0 Å². The van der Waals surface area contributed by atoms with Gasteiger partial charge in [0.05, 0.1) is 0 Å². The summed E-state index contributed by atoms with van der Waals surface area (Å²) in [4.78, 5) is 25.0. The lowest BCUT2D eigenvalue weighted by Crippen LogP contribution is -2.17. The second kappa shape index (κ2) is 15.9. The van der Waals surface area contributed by atoms with Crippen molar-refractivity contribution in [2.45, 2.75) is 131 Å². The molecule has 1 rings (SSSR count). The van der Waals surface area contributed by atoms with E-state index in [0.717, 1.165) is 59.3 Å². The number of carbonyl (C=O) groups excluding carboxylic acids is 2. The zero-order chi connectivity index (χ0) is 23.9. The average molecular weight is 445 g/mol. The summed E-state index contributed by atoms with van der Waals surface area (Å²) in [5.41, 5.74) is 5.98. The lowest BCUT2D eigenvalue weighted by Gasteiger charge is -2.21. The molecule has 4 nitrogen and oxygen atoms in total. The topological polar surface area (TPSA) is 58.2 Å². The maximum Gasteiger partial charge on any atom is 0.224 e. The molecule has 0 spiro atoms. The Morgan fingerprint density at radius 2 is 0.781 bits per heavy atom. The van der Waals surface area contributed by atoms with Crippen molar-refractivity contribution in [2.24, 2.45) is 0 Å². The van der Waals surface area contributed by atoms with Crippen LogP contribution in [0, 0.1) is 27.7 Å². The molecule has 2 amide bonds. The number of anilines is 2. The molecule has 0 aliphatic carbocycles. The van der Waals surface area contributed by atoms with Gasteiger partial charge in [0, 0.05) is 24.2 Å². The normalized spacial score (nSPS) is 10.9. The highest BCUT2D eigenvalue weighted by Gasteiger charge is 2.18. The summed E-state index contributed by atoms with van der Waals surface area (Å²) < 4.78 is 0. The van der Waals surface area contributed by atoms with Gasteiger partial charge >= 0.3 is 0 Å². The monoisotopic (exact) mass is 444 g/mol. The first-order valence-corrected chi connectivity index (χ1v) is 13.0. The van der Waals surface area contributed by atoms with Crippen molar-refractivity contribution in [3.05, 3.63) is 22.3 Å². The van der Waals surface area contributed by atoms with Gasteiger partial charge in [0.15, 0.2) is 0 Å². The van der Waals surface area contributed by atoms with Crippen LogP contribution < -0.4 is 10.6 Å². The number of carbonyl (C=O) groups is 2. The van der Waals surface area contributed by atoms with Gasteiger partial charge in [-0.2, -0.15) is 0 Å². The van der Waals surface area contributed by atoms with Crippen LogP contribution in [-0.4, -0.2) is 11.8 Å². The first-order chi connectivity index (χ1) is 15.3. The van der Waals surface area contributed by atoms with Crippen LogP contribution in [0.1, 0.15) is 126 Å². The summed E-state index contributed by atoms with van der Waals surface area (Å²) in [6.07, 6.45) is 15.3. The van der Waals surface area contributed by atoms with Gasteiger partial charge in [-0.1, -0.05) is 78.1 Å². The minimum Gasteiger partial charge on any atom is -0.326 e. The molecule has 0 unspecified atom stereocenters. The molecule has 182 valence electrons. The molecule has 2 N–H and O–H groups in total. The van der Waals surface area contributed by atoms with Gasteiger partial charge in [-0.05, 0) is 62.8 Å². The van der Waals surface area contributed by atoms with Crippen molar-refractivity contribution in [3.8, 4) is 0 Å². The second-order valence-corrected chi connectivity index (χ2v) is 9.38. The molecular formula is C28H48N2O2. The van der Waals surface area contributed by atoms with Gasteiger partial charge in [-0.25, -0.2) is 0 Å². The summed E-state index contributed by atoms with van der Waals surface area (Å²) in [6.45, 7) is 12.6. The molecule has 0 aliphatic heterocycles. The zero-order valence-electron chi connectivity index (χ0n) is 21.7. The Morgan fingerprint density at radius 1 is 0.500 bits per heavy atom. The number of benzene rings is 1. The number of amides is 2. The van der Waals surface area contributed by atoms with Crippen LogP contribution in [0.15, 0.2) is 0 Å². The van der Waals surface area contributed by atoms with Crippen LogP contribution >= 0.6 is 0 Å². The van der Waals surface area contributed by atoms with Crippen LogP contribution in [-0.2, 0) is 9.59 Å². The fraction of sp³-hybridized carbons (Fsp3) is 0.714. The van der Waals surface area contributed by atoms with Gasteiger partial charge in [-0.3, -0.25) is 9.59 Å². The summed E-state index contributed by atoms with van der Waals surface area (Å²) in [5, 5.41) is 6.30. The SMILES string of the molecule is CCCCCCCCC(=O)Nc1c(C)c(C)c(NC(=O)CCCCCCCC)c(C)c1C. The van der Waals surface area contributed by atoms with E-state index in [1.807, 2.05) is 27.7 Å². The smallest absolute Gasteiger partial charge is 0.224 e. The molecule has 1 aromatic carbocycles. The quantitative estimate of drug-likeness (QED) is 0.252. The third-order valence-corrected chi connectivity index (χ3v) is 6.67. The third-order valence-electron chi connectivity index (χ3n) is 6.67. The third kappa shape index (κ3) is 9.75. The fourth-order valence-corrected chi connectivity index (χ4v) is 4.22. The van der Waals surface area contributed by atoms with Crippen molar-refractivity contribution in [1.29, 1.82) is 0 Å². The first kappa shape index (κ1) is 28.2. The number of hydrogen-bond acceptors (Lipinski definition) is 2. The Balaban J connectivity index is 2.65. The summed E-state index contributed by atoms with van der Waals surface area (Å²) >= 11 is 0. The Kier molecular flexibility index (Phi) is 14.0. The Bertz CT molecular complexity index is 635. The highest BCUT2D eigenvalue weighted by Crippen LogP contribution is 2.34. The molecule has 4 heteroatoms. The molecule has 1 aromatic rings. The maximum absolute atomic E-state index is 12.5. The number of nitrogens with one attached hydrogen (secondary N) is 2. The molecule has 0 saturated carbocycles. The molecule has 0 aliphatic rings. The summed E-state index contributed by atoms with van der Waals surface area (Å²) in [7, 11) is 0. The lowest BCUT2D eigenvalue weighted by atomic mass is 9.95. The van der Waals surface area contributed by atoms with Gasteiger partial charge in [0.1, 0.15) is 0 Å². The Labute approximate surface area is 197 Å². The van der Waals surface area contributed by atoms with Crippen molar-refractivity contribution in [2.75, 3.05) is 10.6 Å². The van der Waals surface area contributed by atoms with Gasteiger partial charge in [-0.15, -0.1) is 0 Å². The van der Waals surface area contributed by atoms with E-state index < -0.39 is 0 Å². The van der Waals surface area contributed by atoms with E-state index in [9.17, 15) is 9.59 Å². The molecule has 0 radical (unpaired) electrons. The van der Waals surface area contributed by atoms with Crippen LogP contribution in [0.25, 0.3) is 0 Å². The lowest BCUT2D eigenvalue weighted by molar-refractivity contribution is -0.117. The average Bonchev–Trinajstić information content (AvgIpc) is 2.77. The predicted octanol–water partition coefficient (Wildman–Crippen LogP) is 8.30. The van der Waals surface area contributed by atoms with E-state index >= 15 is 0 Å². The summed E-state index contributed by atoms with van der Waals surface area (Å²) in [5.74, 6) is 0.177. The van der Waals surface area contributed by atoms with Crippen molar-refractivity contribution in [3.63, 3.8) is 0 Å². The van der Waals surface area contributed by atoms with E-state index in [-0.39, 0.29) is 11.8 Å². The van der Waals surface area contributed by atoms with E-state index in [1.165, 1.54) is 51.4 Å². The highest BCUT2D eigenvalue weighted by atomic mass is 16.2. The number of rotatable bonds is 16. The standard InChI is InChI=1S/C28H48N2O2/c1-7-9-11-13-15-17-19-25(31)29-27-21(3)23(5)28(24(6)22(27)4)30-26(32)20-18-16-14-12-10-8-2/h7-20H2,1-6H3,(H,29,31)(H,30,32). The Morgan fingerprint density at radius 3 is 1.09 bits per heavy atom. The first-order valence-electron chi connectivity index (χ1n) is 13.0. The molecule has 0 bridgehead atoms. The fourth-order valence-electron chi connectivity index (χ4n) is 4.22. The summed E-state index contributed by atoms with van der Waals surface area (Å²) in [6, 6.07) is 0. The van der Waals surface area contributed by atoms with Gasteiger partial charge in [0.2, 0.25) is 11.8 Å². The molecule has 32 heavy (non-hydrogen) atoms. The van der Waals surface area contributed by atoms with Crippen LogP contribution in [0.5, 0.6) is 0 Å².